The molecule has 2 amide bonds. The molecule has 1 unspecified atom stereocenters. The molecule has 3 fully saturated rings. The standard InChI is InChI=1S/C30H33N3O6S2/c34-28(32-30-31-19-26(40-30)38-23-11-7-21(8-12-23)29(35)33-17-4-18-33)27(39-22-5-2-1-3-6-22)20-9-13-24(14-10-20)41(36,37)25-15-16-25/h7-14,19,22,25,27H,1-6,15-18H2,(H,31,32,34). The van der Waals surface area contributed by atoms with Crippen LogP contribution >= 0.6 is 11.3 Å². The van der Waals surface area contributed by atoms with Gasteiger partial charge in [-0.3, -0.25) is 14.9 Å². The van der Waals surface area contributed by atoms with E-state index in [0.29, 0.717) is 39.9 Å². The Bertz CT molecular complexity index is 1490. The van der Waals surface area contributed by atoms with Crippen LogP contribution in [0.1, 0.15) is 73.4 Å². The Morgan fingerprint density at radius 3 is 2.27 bits per heavy atom. The van der Waals surface area contributed by atoms with E-state index in [2.05, 4.69) is 10.3 Å². The lowest BCUT2D eigenvalue weighted by Gasteiger charge is -2.30. The maximum Gasteiger partial charge on any atom is 0.259 e. The molecule has 0 radical (unpaired) electrons. The molecule has 0 spiro atoms. The largest absolute Gasteiger partial charge is 0.445 e. The summed E-state index contributed by atoms with van der Waals surface area (Å²) in [6, 6.07) is 13.5. The van der Waals surface area contributed by atoms with E-state index in [1.54, 1.807) is 48.5 Å². The molecule has 41 heavy (non-hydrogen) atoms. The summed E-state index contributed by atoms with van der Waals surface area (Å²) in [6.45, 7) is 1.60. The quantitative estimate of drug-likeness (QED) is 0.318. The van der Waals surface area contributed by atoms with Gasteiger partial charge in [0.1, 0.15) is 5.75 Å². The number of thiazole rings is 1. The smallest absolute Gasteiger partial charge is 0.259 e. The highest BCUT2D eigenvalue weighted by Gasteiger charge is 2.37. The number of anilines is 1. The van der Waals surface area contributed by atoms with Crippen LogP contribution < -0.4 is 10.1 Å². The van der Waals surface area contributed by atoms with Crippen molar-refractivity contribution in [1.82, 2.24) is 9.88 Å². The fraction of sp³-hybridized carbons (Fsp3) is 0.433. The lowest BCUT2D eigenvalue weighted by atomic mass is 9.97. The van der Waals surface area contributed by atoms with Crippen LogP contribution in [0, 0.1) is 0 Å². The summed E-state index contributed by atoms with van der Waals surface area (Å²) >= 11 is 1.18. The summed E-state index contributed by atoms with van der Waals surface area (Å²) in [5.74, 6) is 0.212. The van der Waals surface area contributed by atoms with Crippen LogP contribution in [0.3, 0.4) is 0 Å². The van der Waals surface area contributed by atoms with Gasteiger partial charge in [-0.1, -0.05) is 42.7 Å². The van der Waals surface area contributed by atoms with Gasteiger partial charge in [0, 0.05) is 18.7 Å². The van der Waals surface area contributed by atoms with E-state index in [1.165, 1.54) is 17.5 Å². The number of rotatable bonds is 10. The molecule has 2 saturated carbocycles. The summed E-state index contributed by atoms with van der Waals surface area (Å²) < 4.78 is 37.5. The Kier molecular flexibility index (Phi) is 8.10. The second-order valence-corrected chi connectivity index (χ2v) is 14.1. The summed E-state index contributed by atoms with van der Waals surface area (Å²) in [6.07, 6.45) is 8.06. The predicted octanol–water partition coefficient (Wildman–Crippen LogP) is 5.75. The molecule has 3 aliphatic rings. The highest BCUT2D eigenvalue weighted by molar-refractivity contribution is 7.92. The van der Waals surface area contributed by atoms with Crippen LogP contribution in [-0.2, 0) is 19.4 Å². The van der Waals surface area contributed by atoms with Gasteiger partial charge < -0.3 is 14.4 Å². The zero-order valence-corrected chi connectivity index (χ0v) is 24.3. The van der Waals surface area contributed by atoms with Crippen molar-refractivity contribution in [1.29, 1.82) is 0 Å². The van der Waals surface area contributed by atoms with Crippen molar-refractivity contribution < 1.29 is 27.5 Å². The first-order chi connectivity index (χ1) is 19.9. The Labute approximate surface area is 243 Å². The lowest BCUT2D eigenvalue weighted by molar-refractivity contribution is -0.133. The monoisotopic (exact) mass is 595 g/mol. The SMILES string of the molecule is O=C(Nc1ncc(Oc2ccc(C(=O)N3CCC3)cc2)s1)C(OC1CCCCC1)c1ccc(S(=O)(=O)C2CC2)cc1. The Hall–Kier alpha value is -3.28. The van der Waals surface area contributed by atoms with Crippen LogP contribution in [0.15, 0.2) is 59.6 Å². The van der Waals surface area contributed by atoms with Crippen LogP contribution in [0.5, 0.6) is 10.8 Å². The summed E-state index contributed by atoms with van der Waals surface area (Å²) in [4.78, 5) is 32.2. The number of ether oxygens (including phenoxy) is 2. The molecule has 2 aliphatic carbocycles. The number of sulfone groups is 1. The van der Waals surface area contributed by atoms with Gasteiger partial charge in [0.15, 0.2) is 21.1 Å². The molecule has 216 valence electrons. The Morgan fingerprint density at radius 1 is 0.927 bits per heavy atom. The van der Waals surface area contributed by atoms with E-state index in [-0.39, 0.29) is 28.1 Å². The molecule has 3 aromatic rings. The van der Waals surface area contributed by atoms with Gasteiger partial charge in [0.25, 0.3) is 11.8 Å². The van der Waals surface area contributed by atoms with Crippen LogP contribution in [0.2, 0.25) is 0 Å². The van der Waals surface area contributed by atoms with Gasteiger partial charge in [-0.25, -0.2) is 13.4 Å². The average molecular weight is 596 g/mol. The van der Waals surface area contributed by atoms with E-state index in [0.717, 1.165) is 51.6 Å². The zero-order valence-electron chi connectivity index (χ0n) is 22.7. The number of carbonyl (C=O) groups is 2. The van der Waals surface area contributed by atoms with Gasteiger partial charge >= 0.3 is 0 Å². The zero-order chi connectivity index (χ0) is 28.4. The molecule has 1 aromatic heterocycles. The number of hydrogen-bond acceptors (Lipinski definition) is 8. The number of benzene rings is 2. The molecule has 9 nitrogen and oxygen atoms in total. The molecule has 1 saturated heterocycles. The molecular weight excluding hydrogens is 562 g/mol. The minimum atomic E-state index is -3.32. The molecule has 2 aromatic carbocycles. The number of likely N-dealkylation sites (tertiary alicyclic amines) is 1. The van der Waals surface area contributed by atoms with Gasteiger partial charge in [0.2, 0.25) is 5.06 Å². The number of amides is 2. The van der Waals surface area contributed by atoms with Crippen molar-refractivity contribution in [3.8, 4) is 10.8 Å². The Morgan fingerprint density at radius 2 is 1.63 bits per heavy atom. The van der Waals surface area contributed by atoms with Crippen molar-refractivity contribution in [2.24, 2.45) is 0 Å². The molecule has 1 atom stereocenters. The minimum Gasteiger partial charge on any atom is -0.445 e. The Balaban J connectivity index is 1.13. The van der Waals surface area contributed by atoms with E-state index in [1.807, 2.05) is 4.90 Å². The number of nitrogens with one attached hydrogen (secondary N) is 1. The van der Waals surface area contributed by atoms with Crippen molar-refractivity contribution in [2.45, 2.75) is 73.7 Å². The van der Waals surface area contributed by atoms with Crippen LogP contribution in [0.25, 0.3) is 0 Å². The lowest BCUT2D eigenvalue weighted by Crippen LogP contribution is -2.41. The minimum absolute atomic E-state index is 0.0229. The fourth-order valence-electron chi connectivity index (χ4n) is 5.11. The third-order valence-corrected chi connectivity index (χ3v) is 10.8. The molecule has 6 rings (SSSR count). The van der Waals surface area contributed by atoms with Crippen molar-refractivity contribution in [2.75, 3.05) is 18.4 Å². The van der Waals surface area contributed by atoms with Crippen LogP contribution in [-0.4, -0.2) is 54.6 Å². The molecule has 11 heteroatoms. The first-order valence-electron chi connectivity index (χ1n) is 14.2. The van der Waals surface area contributed by atoms with Crippen molar-refractivity contribution in [3.05, 3.63) is 65.9 Å². The van der Waals surface area contributed by atoms with Gasteiger partial charge in [-0.15, -0.1) is 0 Å². The fourth-order valence-corrected chi connectivity index (χ4v) is 7.46. The van der Waals surface area contributed by atoms with Crippen molar-refractivity contribution in [3.63, 3.8) is 0 Å². The number of nitrogens with zero attached hydrogens (tertiary/aromatic N) is 2. The topological polar surface area (TPSA) is 115 Å². The maximum atomic E-state index is 13.5. The predicted molar refractivity (Wildman–Crippen MR) is 155 cm³/mol. The number of hydrogen-bond donors (Lipinski definition) is 1. The first kappa shape index (κ1) is 27.9. The van der Waals surface area contributed by atoms with Crippen LogP contribution in [0.4, 0.5) is 5.13 Å². The average Bonchev–Trinajstić information content (AvgIpc) is 3.74. The molecule has 1 aliphatic heterocycles. The first-order valence-corrected chi connectivity index (χ1v) is 16.6. The third kappa shape index (κ3) is 6.47. The summed E-state index contributed by atoms with van der Waals surface area (Å²) in [7, 11) is -3.32. The van der Waals surface area contributed by atoms with Crippen molar-refractivity contribution >= 4 is 38.1 Å². The molecule has 2 heterocycles. The highest BCUT2D eigenvalue weighted by atomic mass is 32.2. The second-order valence-electron chi connectivity index (χ2n) is 10.8. The molecule has 0 bridgehead atoms. The van der Waals surface area contributed by atoms with E-state index >= 15 is 0 Å². The number of aromatic nitrogens is 1. The normalized spacial score (nSPS) is 18.4. The highest BCUT2D eigenvalue weighted by Crippen LogP contribution is 2.36. The maximum absolute atomic E-state index is 13.5. The second kappa shape index (κ2) is 11.9. The van der Waals surface area contributed by atoms with Gasteiger partial charge in [0.05, 0.1) is 22.4 Å². The van der Waals surface area contributed by atoms with Gasteiger partial charge in [-0.05, 0) is 74.1 Å². The van der Waals surface area contributed by atoms with E-state index in [4.69, 9.17) is 9.47 Å². The van der Waals surface area contributed by atoms with Gasteiger partial charge in [-0.2, -0.15) is 0 Å². The number of carbonyl (C=O) groups excluding carboxylic acids is 2. The van der Waals surface area contributed by atoms with E-state index < -0.39 is 15.9 Å². The summed E-state index contributed by atoms with van der Waals surface area (Å²) in [5, 5.41) is 3.41. The summed E-state index contributed by atoms with van der Waals surface area (Å²) in [5.41, 5.74) is 1.22. The van der Waals surface area contributed by atoms with E-state index in [9.17, 15) is 18.0 Å². The third-order valence-electron chi connectivity index (χ3n) is 7.77. The molecular formula is C30H33N3O6S2. The molecule has 1 N–H and O–H groups in total.